The minimum Gasteiger partial charge on any atom is -0.375 e. The van der Waals surface area contributed by atoms with Gasteiger partial charge in [-0.1, -0.05) is 11.6 Å². The summed E-state index contributed by atoms with van der Waals surface area (Å²) >= 11 is 5.53. The Morgan fingerprint density at radius 2 is 2.00 bits per heavy atom. The van der Waals surface area contributed by atoms with Crippen molar-refractivity contribution in [1.29, 1.82) is 0 Å². The Kier molecular flexibility index (Phi) is 4.45. The van der Waals surface area contributed by atoms with E-state index in [0.29, 0.717) is 13.2 Å². The standard InChI is InChI=1S/C13H15ClF2N2O2/c1-7-8(2)20-4-3-18(7)13(19)17-12-10(15)5-9(14)6-11(12)16/h5-8H,3-4H2,1-2H3,(H,17,19). The van der Waals surface area contributed by atoms with E-state index in [2.05, 4.69) is 5.32 Å². The number of carbonyl (C=O) groups is 1. The van der Waals surface area contributed by atoms with Crippen LogP contribution in [0.25, 0.3) is 0 Å². The molecule has 0 bridgehead atoms. The van der Waals surface area contributed by atoms with E-state index >= 15 is 0 Å². The Morgan fingerprint density at radius 1 is 1.40 bits per heavy atom. The van der Waals surface area contributed by atoms with Gasteiger partial charge in [-0.3, -0.25) is 0 Å². The second-order valence-corrected chi connectivity index (χ2v) is 5.12. The zero-order valence-corrected chi connectivity index (χ0v) is 11.9. The van der Waals surface area contributed by atoms with Crippen LogP contribution >= 0.6 is 11.6 Å². The first-order valence-electron chi connectivity index (χ1n) is 6.24. The Labute approximate surface area is 120 Å². The van der Waals surface area contributed by atoms with Gasteiger partial charge in [0.1, 0.15) is 5.69 Å². The molecule has 2 atom stereocenters. The third kappa shape index (κ3) is 3.02. The van der Waals surface area contributed by atoms with Gasteiger partial charge in [0, 0.05) is 11.6 Å². The number of nitrogens with zero attached hydrogens (tertiary/aromatic N) is 1. The lowest BCUT2D eigenvalue weighted by Gasteiger charge is -2.37. The van der Waals surface area contributed by atoms with Crippen LogP contribution in [0.3, 0.4) is 0 Å². The van der Waals surface area contributed by atoms with Gasteiger partial charge in [0.15, 0.2) is 11.6 Å². The van der Waals surface area contributed by atoms with Crippen molar-refractivity contribution in [1.82, 2.24) is 4.90 Å². The zero-order chi connectivity index (χ0) is 14.9. The summed E-state index contributed by atoms with van der Waals surface area (Å²) in [5, 5.41) is 2.19. The Balaban J connectivity index is 2.16. The van der Waals surface area contributed by atoms with Crippen molar-refractivity contribution in [2.24, 2.45) is 0 Å². The highest BCUT2D eigenvalue weighted by Crippen LogP contribution is 2.24. The minimum absolute atomic E-state index is 0.0636. The summed E-state index contributed by atoms with van der Waals surface area (Å²) in [6.07, 6.45) is -0.130. The summed E-state index contributed by atoms with van der Waals surface area (Å²) in [5.41, 5.74) is -0.495. The fourth-order valence-electron chi connectivity index (χ4n) is 2.06. The molecule has 20 heavy (non-hydrogen) atoms. The van der Waals surface area contributed by atoms with E-state index in [0.717, 1.165) is 12.1 Å². The highest BCUT2D eigenvalue weighted by Gasteiger charge is 2.30. The molecule has 7 heteroatoms. The maximum Gasteiger partial charge on any atom is 0.322 e. The van der Waals surface area contributed by atoms with E-state index in [4.69, 9.17) is 16.3 Å². The Morgan fingerprint density at radius 3 is 2.60 bits per heavy atom. The third-order valence-electron chi connectivity index (χ3n) is 3.38. The van der Waals surface area contributed by atoms with Crippen LogP contribution in [0.15, 0.2) is 12.1 Å². The fraction of sp³-hybridized carbons (Fsp3) is 0.462. The quantitative estimate of drug-likeness (QED) is 0.865. The van der Waals surface area contributed by atoms with Crippen LogP contribution in [0.1, 0.15) is 13.8 Å². The number of amides is 2. The van der Waals surface area contributed by atoms with E-state index in [1.807, 2.05) is 13.8 Å². The van der Waals surface area contributed by atoms with E-state index < -0.39 is 23.4 Å². The highest BCUT2D eigenvalue weighted by molar-refractivity contribution is 6.30. The van der Waals surface area contributed by atoms with Crippen molar-refractivity contribution in [3.05, 3.63) is 28.8 Å². The second kappa shape index (κ2) is 5.93. The number of urea groups is 1. The van der Waals surface area contributed by atoms with E-state index in [-0.39, 0.29) is 17.2 Å². The van der Waals surface area contributed by atoms with Gasteiger partial charge in [-0.2, -0.15) is 0 Å². The smallest absolute Gasteiger partial charge is 0.322 e. The lowest BCUT2D eigenvalue weighted by atomic mass is 10.1. The fourth-order valence-corrected chi connectivity index (χ4v) is 2.25. The van der Waals surface area contributed by atoms with Crippen molar-refractivity contribution in [2.45, 2.75) is 26.0 Å². The molecule has 1 saturated heterocycles. The number of rotatable bonds is 1. The average Bonchev–Trinajstić information content (AvgIpc) is 2.36. The highest BCUT2D eigenvalue weighted by atomic mass is 35.5. The molecule has 1 heterocycles. The average molecular weight is 305 g/mol. The molecule has 1 aromatic carbocycles. The maximum absolute atomic E-state index is 13.6. The molecule has 2 unspecified atom stereocenters. The van der Waals surface area contributed by atoms with E-state index in [1.54, 1.807) is 0 Å². The van der Waals surface area contributed by atoms with Crippen LogP contribution in [-0.2, 0) is 4.74 Å². The van der Waals surface area contributed by atoms with Crippen molar-refractivity contribution in [3.63, 3.8) is 0 Å². The first-order valence-corrected chi connectivity index (χ1v) is 6.61. The van der Waals surface area contributed by atoms with Crippen molar-refractivity contribution in [3.8, 4) is 0 Å². The third-order valence-corrected chi connectivity index (χ3v) is 3.60. The van der Waals surface area contributed by atoms with Gasteiger partial charge in [-0.25, -0.2) is 13.6 Å². The van der Waals surface area contributed by atoms with Crippen molar-refractivity contribution >= 4 is 23.3 Å². The first kappa shape index (κ1) is 15.0. The SMILES string of the molecule is CC1OCCN(C(=O)Nc2c(F)cc(Cl)cc2F)C1C. The molecule has 0 radical (unpaired) electrons. The number of morpholine rings is 1. The summed E-state index contributed by atoms with van der Waals surface area (Å²) in [7, 11) is 0. The van der Waals surface area contributed by atoms with Crippen LogP contribution in [0.5, 0.6) is 0 Å². The minimum atomic E-state index is -0.905. The number of carbonyl (C=O) groups excluding carboxylic acids is 1. The summed E-state index contributed by atoms with van der Waals surface area (Å²) < 4.78 is 32.7. The van der Waals surface area contributed by atoms with E-state index in [9.17, 15) is 13.6 Å². The normalized spacial score (nSPS) is 22.8. The molecule has 1 aliphatic rings. The van der Waals surface area contributed by atoms with Crippen LogP contribution in [0.2, 0.25) is 5.02 Å². The van der Waals surface area contributed by atoms with Crippen LogP contribution in [-0.4, -0.2) is 36.2 Å². The summed E-state index contributed by atoms with van der Waals surface area (Å²) in [6.45, 7) is 4.42. The monoisotopic (exact) mass is 304 g/mol. The van der Waals surface area contributed by atoms with Crippen LogP contribution in [0, 0.1) is 11.6 Å². The van der Waals surface area contributed by atoms with Gasteiger partial charge in [0.25, 0.3) is 0 Å². The Bertz CT molecular complexity index is 504. The lowest BCUT2D eigenvalue weighted by Crippen LogP contribution is -2.52. The molecule has 0 aromatic heterocycles. The van der Waals surface area contributed by atoms with Gasteiger partial charge in [0.05, 0.1) is 18.8 Å². The molecule has 0 spiro atoms. The predicted molar refractivity (Wildman–Crippen MR) is 72.0 cm³/mol. The number of hydrogen-bond donors (Lipinski definition) is 1. The van der Waals surface area contributed by atoms with Crippen molar-refractivity contribution < 1.29 is 18.3 Å². The molecule has 4 nitrogen and oxygen atoms in total. The zero-order valence-electron chi connectivity index (χ0n) is 11.1. The maximum atomic E-state index is 13.6. The molecule has 1 N–H and O–H groups in total. The second-order valence-electron chi connectivity index (χ2n) is 4.68. The topological polar surface area (TPSA) is 41.6 Å². The Hall–Kier alpha value is -1.40. The number of halogens is 3. The molecule has 2 rings (SSSR count). The van der Waals surface area contributed by atoms with E-state index in [1.165, 1.54) is 4.90 Å². The van der Waals surface area contributed by atoms with Gasteiger partial charge < -0.3 is 15.0 Å². The van der Waals surface area contributed by atoms with Crippen molar-refractivity contribution in [2.75, 3.05) is 18.5 Å². The molecule has 0 aliphatic carbocycles. The molecular formula is C13H15ClF2N2O2. The number of ether oxygens (including phenoxy) is 1. The molecule has 1 aromatic rings. The number of anilines is 1. The molecule has 0 saturated carbocycles. The van der Waals surface area contributed by atoms with Crippen LogP contribution < -0.4 is 5.32 Å². The van der Waals surface area contributed by atoms with Gasteiger partial charge >= 0.3 is 6.03 Å². The van der Waals surface area contributed by atoms with Crippen LogP contribution in [0.4, 0.5) is 19.3 Å². The molecule has 1 aliphatic heterocycles. The number of hydrogen-bond acceptors (Lipinski definition) is 2. The molecular weight excluding hydrogens is 290 g/mol. The van der Waals surface area contributed by atoms with Gasteiger partial charge in [0.2, 0.25) is 0 Å². The molecule has 110 valence electrons. The summed E-state index contributed by atoms with van der Waals surface area (Å²) in [5.74, 6) is -1.81. The molecule has 1 fully saturated rings. The summed E-state index contributed by atoms with van der Waals surface area (Å²) in [4.78, 5) is 13.6. The first-order chi connectivity index (χ1) is 9.40. The number of benzene rings is 1. The van der Waals surface area contributed by atoms with Gasteiger partial charge in [-0.05, 0) is 26.0 Å². The predicted octanol–water partition coefficient (Wildman–Crippen LogP) is 3.26. The molecule has 2 amide bonds. The van der Waals surface area contributed by atoms with Gasteiger partial charge in [-0.15, -0.1) is 0 Å². The summed E-state index contributed by atoms with van der Waals surface area (Å²) in [6, 6.07) is 1.16. The largest absolute Gasteiger partial charge is 0.375 e. The lowest BCUT2D eigenvalue weighted by molar-refractivity contribution is -0.0355. The number of nitrogens with one attached hydrogen (secondary N) is 1.